The molecule has 4 N–H and O–H groups in total. The van der Waals surface area contributed by atoms with Crippen LogP contribution in [0.5, 0.6) is 11.6 Å². The number of ether oxygens (including phenoxy) is 1. The van der Waals surface area contributed by atoms with Crippen molar-refractivity contribution >= 4 is 50.6 Å². The highest BCUT2D eigenvalue weighted by molar-refractivity contribution is 7.92. The van der Waals surface area contributed by atoms with E-state index in [9.17, 15) is 18.0 Å². The number of nitrogens with zero attached hydrogens (tertiary/aromatic N) is 2. The Hall–Kier alpha value is -4.65. The van der Waals surface area contributed by atoms with E-state index < -0.39 is 16.1 Å². The van der Waals surface area contributed by atoms with Gasteiger partial charge in [-0.3, -0.25) is 14.4 Å². The number of rotatable bonds is 10. The van der Waals surface area contributed by atoms with Crippen molar-refractivity contribution in [2.75, 3.05) is 41.7 Å². The summed E-state index contributed by atoms with van der Waals surface area (Å²) >= 11 is 6.09. The number of amides is 3. The van der Waals surface area contributed by atoms with E-state index in [1.54, 1.807) is 36.4 Å². The van der Waals surface area contributed by atoms with E-state index in [2.05, 4.69) is 42.7 Å². The maximum absolute atomic E-state index is 12.5. The zero-order valence-electron chi connectivity index (χ0n) is 25.4. The summed E-state index contributed by atoms with van der Waals surface area (Å²) in [4.78, 5) is 31.4. The van der Waals surface area contributed by atoms with Crippen LogP contribution in [0.15, 0.2) is 85.1 Å². The lowest BCUT2D eigenvalue weighted by Gasteiger charge is -2.32. The number of piperidine rings is 1. The molecule has 0 spiro atoms. The molecule has 3 amide bonds. The second-order valence-electron chi connectivity index (χ2n) is 11.0. The Labute approximate surface area is 273 Å². The predicted molar refractivity (Wildman–Crippen MR) is 180 cm³/mol. The van der Waals surface area contributed by atoms with Gasteiger partial charge in [0.25, 0.3) is 5.91 Å². The van der Waals surface area contributed by atoms with E-state index >= 15 is 0 Å². The number of nitrogens with one attached hydrogen (secondary N) is 4. The number of halogens is 1. The summed E-state index contributed by atoms with van der Waals surface area (Å²) in [7, 11) is -1.82. The highest BCUT2D eigenvalue weighted by Gasteiger charge is 2.21. The average molecular weight is 663 g/mol. The zero-order valence-corrected chi connectivity index (χ0v) is 27.0. The number of aromatic nitrogens is 1. The number of likely N-dealkylation sites (tertiary alicyclic amines) is 1. The van der Waals surface area contributed by atoms with E-state index in [1.165, 1.54) is 18.7 Å². The quantitative estimate of drug-likeness (QED) is 0.157. The van der Waals surface area contributed by atoms with Crippen molar-refractivity contribution in [3.05, 3.63) is 107 Å². The number of anilines is 3. The molecule has 1 saturated heterocycles. The number of benzene rings is 3. The molecular weight excluding hydrogens is 628 g/mol. The van der Waals surface area contributed by atoms with E-state index in [0.717, 1.165) is 44.3 Å². The zero-order chi connectivity index (χ0) is 32.7. The molecule has 240 valence electrons. The van der Waals surface area contributed by atoms with Crippen molar-refractivity contribution < 1.29 is 22.7 Å². The lowest BCUT2D eigenvalue weighted by atomic mass is 9.89. The van der Waals surface area contributed by atoms with E-state index in [1.807, 2.05) is 30.5 Å². The second kappa shape index (κ2) is 14.6. The molecule has 1 aromatic heterocycles. The van der Waals surface area contributed by atoms with Crippen LogP contribution >= 0.6 is 11.6 Å². The van der Waals surface area contributed by atoms with Crippen LogP contribution in [0.2, 0.25) is 5.02 Å². The van der Waals surface area contributed by atoms with Crippen molar-refractivity contribution in [2.45, 2.75) is 25.3 Å². The Kier molecular flexibility index (Phi) is 10.4. The molecule has 11 nitrogen and oxygen atoms in total. The Morgan fingerprint density at radius 1 is 0.913 bits per heavy atom. The van der Waals surface area contributed by atoms with E-state index in [0.29, 0.717) is 39.6 Å². The molecule has 0 saturated carbocycles. The number of sulfonamides is 1. The molecule has 3 aromatic carbocycles. The molecule has 46 heavy (non-hydrogen) atoms. The predicted octanol–water partition coefficient (Wildman–Crippen LogP) is 6.28. The summed E-state index contributed by atoms with van der Waals surface area (Å²) in [6.07, 6.45) is 4.97. The Balaban J connectivity index is 1.06. The number of urea groups is 1. The lowest BCUT2D eigenvalue weighted by Crippen LogP contribution is -2.32. The number of carbonyl (C=O) groups is 2. The van der Waals surface area contributed by atoms with Gasteiger partial charge >= 0.3 is 6.03 Å². The van der Waals surface area contributed by atoms with Crippen molar-refractivity contribution in [3.63, 3.8) is 0 Å². The van der Waals surface area contributed by atoms with Gasteiger partial charge < -0.3 is 20.7 Å². The fourth-order valence-corrected chi connectivity index (χ4v) is 5.98. The fraction of sp³-hybridized carbons (Fsp3) is 0.242. The van der Waals surface area contributed by atoms with Gasteiger partial charge in [0.2, 0.25) is 15.9 Å². The maximum atomic E-state index is 12.5. The van der Waals surface area contributed by atoms with Gasteiger partial charge in [-0.25, -0.2) is 18.2 Å². The third-order valence-electron chi connectivity index (χ3n) is 7.51. The minimum atomic E-state index is -3.33. The lowest BCUT2D eigenvalue weighted by molar-refractivity contribution is 0.0963. The normalized spacial score (nSPS) is 13.9. The molecule has 0 aliphatic carbocycles. The van der Waals surface area contributed by atoms with Crippen LogP contribution < -0.4 is 25.4 Å². The Morgan fingerprint density at radius 2 is 1.57 bits per heavy atom. The first kappa shape index (κ1) is 32.7. The summed E-state index contributed by atoms with van der Waals surface area (Å²) in [6.45, 7) is 2.71. The van der Waals surface area contributed by atoms with Crippen molar-refractivity contribution in [2.24, 2.45) is 0 Å². The molecule has 2 heterocycles. The molecule has 1 aliphatic heterocycles. The molecule has 0 unspecified atom stereocenters. The van der Waals surface area contributed by atoms with Crippen LogP contribution in [0.4, 0.5) is 21.9 Å². The van der Waals surface area contributed by atoms with Crippen LogP contribution in [0.3, 0.4) is 0 Å². The highest BCUT2D eigenvalue weighted by Crippen LogP contribution is 2.30. The first-order valence-corrected chi connectivity index (χ1v) is 16.9. The summed E-state index contributed by atoms with van der Waals surface area (Å²) in [5.74, 6) is 1.12. The van der Waals surface area contributed by atoms with Crippen LogP contribution in [-0.2, 0) is 16.6 Å². The van der Waals surface area contributed by atoms with Gasteiger partial charge in [0, 0.05) is 42.9 Å². The van der Waals surface area contributed by atoms with E-state index in [-0.39, 0.29) is 11.5 Å². The minimum Gasteiger partial charge on any atom is -0.439 e. The standard InChI is InChI=1S/C33H35ClN6O5S/c1-35-32(41)29-19-27(10-13-30(29)34)38-33(42)37-25-6-4-23(5-7-25)24-15-17-40(18-16-24)21-22-3-14-31(36-20-22)45-28-11-8-26(9-12-28)39-46(2,43)44/h3-14,19-20,24,39H,15-18,21H2,1-2H3,(H,35,41)(H2,37,38,42). The molecule has 0 bridgehead atoms. The SMILES string of the molecule is CNC(=O)c1cc(NC(=O)Nc2ccc(C3CCN(Cc4ccc(Oc5ccc(NS(C)(=O)=O)cc5)nc4)CC3)cc2)ccc1Cl. The number of carbonyl (C=O) groups excluding carboxylic acids is 2. The number of hydrogen-bond acceptors (Lipinski definition) is 7. The fourth-order valence-electron chi connectivity index (χ4n) is 5.22. The number of hydrogen-bond donors (Lipinski definition) is 4. The summed E-state index contributed by atoms with van der Waals surface area (Å²) in [5, 5.41) is 8.40. The second-order valence-corrected chi connectivity index (χ2v) is 13.2. The molecule has 0 atom stereocenters. The van der Waals surface area contributed by atoms with Gasteiger partial charge in [0.1, 0.15) is 5.75 Å². The Morgan fingerprint density at radius 3 is 2.20 bits per heavy atom. The molecule has 1 aliphatic rings. The summed E-state index contributed by atoms with van der Waals surface area (Å²) < 4.78 is 31.0. The smallest absolute Gasteiger partial charge is 0.323 e. The Bertz CT molecular complexity index is 1780. The van der Waals surface area contributed by atoms with Crippen LogP contribution in [0, 0.1) is 0 Å². The van der Waals surface area contributed by atoms with Gasteiger partial charge in [-0.2, -0.15) is 0 Å². The molecule has 4 aromatic rings. The average Bonchev–Trinajstić information content (AvgIpc) is 3.03. The molecule has 0 radical (unpaired) electrons. The molecule has 13 heteroatoms. The molecular formula is C33H35ClN6O5S. The highest BCUT2D eigenvalue weighted by atomic mass is 35.5. The molecule has 1 fully saturated rings. The summed E-state index contributed by atoms with van der Waals surface area (Å²) in [6, 6.07) is 22.7. The van der Waals surface area contributed by atoms with Crippen molar-refractivity contribution in [3.8, 4) is 11.6 Å². The van der Waals surface area contributed by atoms with Crippen molar-refractivity contribution in [1.29, 1.82) is 0 Å². The van der Waals surface area contributed by atoms with Crippen LogP contribution in [0.25, 0.3) is 0 Å². The topological polar surface area (TPSA) is 142 Å². The van der Waals surface area contributed by atoms with Gasteiger partial charge in [-0.05, 0) is 97.6 Å². The minimum absolute atomic E-state index is 0.282. The third kappa shape index (κ3) is 9.19. The largest absolute Gasteiger partial charge is 0.439 e. The van der Waals surface area contributed by atoms with Gasteiger partial charge in [0.15, 0.2) is 0 Å². The third-order valence-corrected chi connectivity index (χ3v) is 8.44. The van der Waals surface area contributed by atoms with E-state index in [4.69, 9.17) is 16.3 Å². The van der Waals surface area contributed by atoms with Gasteiger partial charge in [-0.1, -0.05) is 29.8 Å². The monoisotopic (exact) mass is 662 g/mol. The first-order chi connectivity index (χ1) is 22.0. The van der Waals surface area contributed by atoms with Gasteiger partial charge in [0.05, 0.1) is 16.8 Å². The van der Waals surface area contributed by atoms with Crippen molar-refractivity contribution in [1.82, 2.24) is 15.2 Å². The van der Waals surface area contributed by atoms with Crippen LogP contribution in [0.1, 0.15) is 40.2 Å². The maximum Gasteiger partial charge on any atom is 0.323 e. The van der Waals surface area contributed by atoms with Gasteiger partial charge in [-0.15, -0.1) is 0 Å². The molecule has 5 rings (SSSR count). The number of pyridine rings is 1. The summed E-state index contributed by atoms with van der Waals surface area (Å²) in [5.41, 5.74) is 4.20. The van der Waals surface area contributed by atoms with Crippen LogP contribution in [-0.4, -0.2) is 56.6 Å². The first-order valence-electron chi connectivity index (χ1n) is 14.7.